The van der Waals surface area contributed by atoms with Gasteiger partial charge in [0.1, 0.15) is 0 Å². The van der Waals surface area contributed by atoms with Crippen molar-refractivity contribution in [3.05, 3.63) is 18.1 Å². The lowest BCUT2D eigenvalue weighted by atomic mass is 10.3. The van der Waals surface area contributed by atoms with Crippen LogP contribution in [0.5, 0.6) is 5.88 Å². The predicted octanol–water partition coefficient (Wildman–Crippen LogP) is -0.179. The van der Waals surface area contributed by atoms with Crippen LogP contribution in [0.3, 0.4) is 0 Å². The first-order valence-corrected chi connectivity index (χ1v) is 4.62. The van der Waals surface area contributed by atoms with E-state index >= 15 is 0 Å². The van der Waals surface area contributed by atoms with Gasteiger partial charge in [-0.2, -0.15) is 4.98 Å². The Bertz CT molecular complexity index is 479. The number of rotatable bonds is 3. The van der Waals surface area contributed by atoms with E-state index in [2.05, 4.69) is 9.97 Å². The number of nitrogens with two attached hydrogens (primary N) is 2. The van der Waals surface area contributed by atoms with Crippen LogP contribution >= 0.6 is 0 Å². The highest BCUT2D eigenvalue weighted by Crippen LogP contribution is 2.16. The van der Waals surface area contributed by atoms with Crippen LogP contribution in [0.4, 0.5) is 5.82 Å². The molecule has 6 heteroatoms. The average Bonchev–Trinajstić information content (AvgIpc) is 2.61. The molecule has 15 heavy (non-hydrogen) atoms. The Morgan fingerprint density at radius 2 is 2.20 bits per heavy atom. The summed E-state index contributed by atoms with van der Waals surface area (Å²) in [6.07, 6.45) is 4.34. The summed E-state index contributed by atoms with van der Waals surface area (Å²) in [4.78, 5) is 8.35. The standard InChI is InChI=1S/C9H13N5O/c1-15-7-5-14-4-6(2-3-10)12-9(14)8(11)13-7/h4-5H,2-3,10H2,1H3,(H2,11,13). The summed E-state index contributed by atoms with van der Waals surface area (Å²) in [6, 6.07) is 0. The Balaban J connectivity index is 2.54. The van der Waals surface area contributed by atoms with Crippen LogP contribution in [0, 0.1) is 0 Å². The zero-order chi connectivity index (χ0) is 10.8. The summed E-state index contributed by atoms with van der Waals surface area (Å²) in [5.74, 6) is 0.828. The molecule has 0 spiro atoms. The summed E-state index contributed by atoms with van der Waals surface area (Å²) in [5.41, 5.74) is 12.7. The van der Waals surface area contributed by atoms with Gasteiger partial charge in [-0.05, 0) is 6.54 Å². The second-order valence-corrected chi connectivity index (χ2v) is 3.17. The third-order valence-electron chi connectivity index (χ3n) is 2.10. The first-order chi connectivity index (χ1) is 7.24. The van der Waals surface area contributed by atoms with Crippen LogP contribution in [0.2, 0.25) is 0 Å². The fourth-order valence-electron chi connectivity index (χ4n) is 1.42. The Labute approximate surface area is 86.9 Å². The van der Waals surface area contributed by atoms with E-state index in [1.807, 2.05) is 6.20 Å². The van der Waals surface area contributed by atoms with Crippen molar-refractivity contribution in [2.24, 2.45) is 5.73 Å². The minimum atomic E-state index is 0.359. The molecule has 2 aromatic rings. The molecule has 0 amide bonds. The maximum Gasteiger partial charge on any atom is 0.232 e. The van der Waals surface area contributed by atoms with Crippen LogP contribution in [0.25, 0.3) is 5.65 Å². The number of imidazole rings is 1. The molecule has 80 valence electrons. The van der Waals surface area contributed by atoms with Crippen LogP contribution in [-0.4, -0.2) is 28.0 Å². The number of anilines is 1. The molecular formula is C9H13N5O. The van der Waals surface area contributed by atoms with Crippen LogP contribution < -0.4 is 16.2 Å². The van der Waals surface area contributed by atoms with Gasteiger partial charge in [0.05, 0.1) is 19.0 Å². The fraction of sp³-hybridized carbons (Fsp3) is 0.333. The van der Waals surface area contributed by atoms with Crippen LogP contribution in [-0.2, 0) is 6.42 Å². The highest BCUT2D eigenvalue weighted by atomic mass is 16.5. The molecule has 0 saturated heterocycles. The van der Waals surface area contributed by atoms with Crippen LogP contribution in [0.15, 0.2) is 12.4 Å². The lowest BCUT2D eigenvalue weighted by Gasteiger charge is -2.01. The molecule has 0 unspecified atom stereocenters. The van der Waals surface area contributed by atoms with Crippen molar-refractivity contribution in [1.29, 1.82) is 0 Å². The molecule has 4 N–H and O–H groups in total. The Hall–Kier alpha value is -1.82. The quantitative estimate of drug-likeness (QED) is 0.728. The maximum absolute atomic E-state index is 5.74. The molecule has 0 aliphatic carbocycles. The highest BCUT2D eigenvalue weighted by molar-refractivity contribution is 5.60. The van der Waals surface area contributed by atoms with Gasteiger partial charge in [0.15, 0.2) is 11.5 Å². The molecule has 0 bridgehead atoms. The lowest BCUT2D eigenvalue weighted by molar-refractivity contribution is 0.396. The predicted molar refractivity (Wildman–Crippen MR) is 56.7 cm³/mol. The maximum atomic E-state index is 5.74. The molecule has 0 atom stereocenters. The number of aromatic nitrogens is 3. The van der Waals surface area contributed by atoms with Gasteiger partial charge >= 0.3 is 0 Å². The topological polar surface area (TPSA) is 91.5 Å². The van der Waals surface area contributed by atoms with Crippen molar-refractivity contribution < 1.29 is 4.74 Å². The smallest absolute Gasteiger partial charge is 0.232 e. The van der Waals surface area contributed by atoms with E-state index in [9.17, 15) is 0 Å². The van der Waals surface area contributed by atoms with Gasteiger partial charge in [0, 0.05) is 12.6 Å². The van der Waals surface area contributed by atoms with Gasteiger partial charge in [0.25, 0.3) is 0 Å². The largest absolute Gasteiger partial charge is 0.480 e. The zero-order valence-electron chi connectivity index (χ0n) is 8.47. The minimum absolute atomic E-state index is 0.359. The second-order valence-electron chi connectivity index (χ2n) is 3.17. The normalized spacial score (nSPS) is 10.8. The van der Waals surface area contributed by atoms with E-state index in [-0.39, 0.29) is 0 Å². The summed E-state index contributed by atoms with van der Waals surface area (Å²) >= 11 is 0. The second kappa shape index (κ2) is 3.74. The van der Waals surface area contributed by atoms with Gasteiger partial charge in [-0.15, -0.1) is 0 Å². The van der Waals surface area contributed by atoms with Crippen LogP contribution in [0.1, 0.15) is 5.69 Å². The van der Waals surface area contributed by atoms with E-state index < -0.39 is 0 Å². The number of fused-ring (bicyclic) bond motifs is 1. The summed E-state index contributed by atoms with van der Waals surface area (Å²) in [5, 5.41) is 0. The van der Waals surface area contributed by atoms with E-state index in [0.29, 0.717) is 23.9 Å². The first-order valence-electron chi connectivity index (χ1n) is 4.62. The molecule has 0 aliphatic heterocycles. The van der Waals surface area contributed by atoms with E-state index in [1.54, 1.807) is 17.7 Å². The lowest BCUT2D eigenvalue weighted by Crippen LogP contribution is -2.02. The van der Waals surface area contributed by atoms with Crippen molar-refractivity contribution in [3.63, 3.8) is 0 Å². The minimum Gasteiger partial charge on any atom is -0.480 e. The monoisotopic (exact) mass is 207 g/mol. The Kier molecular flexibility index (Phi) is 2.42. The molecule has 2 rings (SSSR count). The Morgan fingerprint density at radius 1 is 1.40 bits per heavy atom. The summed E-state index contributed by atoms with van der Waals surface area (Å²) < 4.78 is 6.81. The summed E-state index contributed by atoms with van der Waals surface area (Å²) in [7, 11) is 1.55. The van der Waals surface area contributed by atoms with Gasteiger partial charge < -0.3 is 16.2 Å². The van der Waals surface area contributed by atoms with Crippen molar-refractivity contribution in [2.75, 3.05) is 19.4 Å². The van der Waals surface area contributed by atoms with Crippen molar-refractivity contribution in [1.82, 2.24) is 14.4 Å². The first kappa shape index (κ1) is 9.72. The van der Waals surface area contributed by atoms with Gasteiger partial charge in [-0.3, -0.25) is 4.40 Å². The van der Waals surface area contributed by atoms with Gasteiger partial charge in [-0.1, -0.05) is 0 Å². The number of hydrogen-bond donors (Lipinski definition) is 2. The number of nitrogens with zero attached hydrogens (tertiary/aromatic N) is 3. The number of hydrogen-bond acceptors (Lipinski definition) is 5. The van der Waals surface area contributed by atoms with Gasteiger partial charge in [-0.25, -0.2) is 4.98 Å². The highest BCUT2D eigenvalue weighted by Gasteiger charge is 2.07. The third-order valence-corrected chi connectivity index (χ3v) is 2.10. The summed E-state index contributed by atoms with van der Waals surface area (Å²) in [6.45, 7) is 0.564. The zero-order valence-corrected chi connectivity index (χ0v) is 8.47. The van der Waals surface area contributed by atoms with E-state index in [1.165, 1.54) is 0 Å². The fourth-order valence-corrected chi connectivity index (χ4v) is 1.42. The van der Waals surface area contributed by atoms with Crippen molar-refractivity contribution in [3.8, 4) is 5.88 Å². The average molecular weight is 207 g/mol. The number of methoxy groups -OCH3 is 1. The Morgan fingerprint density at radius 3 is 2.87 bits per heavy atom. The van der Waals surface area contributed by atoms with Crippen molar-refractivity contribution in [2.45, 2.75) is 6.42 Å². The molecule has 0 radical (unpaired) electrons. The van der Waals surface area contributed by atoms with Crippen molar-refractivity contribution >= 4 is 11.5 Å². The SMILES string of the molecule is COc1cn2cc(CCN)nc2c(N)n1. The van der Waals surface area contributed by atoms with Gasteiger partial charge in [0.2, 0.25) is 5.88 Å². The number of ether oxygens (including phenoxy) is 1. The molecular weight excluding hydrogens is 194 g/mol. The molecule has 0 aromatic carbocycles. The molecule has 2 heterocycles. The molecule has 0 aliphatic rings. The molecule has 0 fully saturated rings. The van der Waals surface area contributed by atoms with E-state index in [4.69, 9.17) is 16.2 Å². The molecule has 0 saturated carbocycles. The molecule has 2 aromatic heterocycles. The molecule has 6 nitrogen and oxygen atoms in total. The third kappa shape index (κ3) is 1.71. The van der Waals surface area contributed by atoms with E-state index in [0.717, 1.165) is 12.1 Å². The number of nitrogen functional groups attached to an aromatic ring is 1.